The van der Waals surface area contributed by atoms with Gasteiger partial charge in [0, 0.05) is 26.2 Å². The van der Waals surface area contributed by atoms with E-state index in [0.29, 0.717) is 0 Å². The molecule has 0 radical (unpaired) electrons. The molecule has 0 amide bonds. The molecule has 120 valence electrons. The topological polar surface area (TPSA) is 15.3 Å². The van der Waals surface area contributed by atoms with Crippen LogP contribution < -0.4 is 5.32 Å². The SMILES string of the molecule is CNCCN1CCC(=C(c2ccccc2)c2ccccc2)CC1. The lowest BCUT2D eigenvalue weighted by molar-refractivity contribution is 0.259. The van der Waals surface area contributed by atoms with Gasteiger partial charge in [-0.15, -0.1) is 0 Å². The van der Waals surface area contributed by atoms with Crippen LogP contribution in [-0.4, -0.2) is 38.1 Å². The van der Waals surface area contributed by atoms with Crippen LogP contribution in [0.15, 0.2) is 66.2 Å². The molecule has 2 nitrogen and oxygen atoms in total. The van der Waals surface area contributed by atoms with Crippen molar-refractivity contribution in [2.75, 3.05) is 33.2 Å². The van der Waals surface area contributed by atoms with Crippen LogP contribution in [0.1, 0.15) is 24.0 Å². The first-order valence-corrected chi connectivity index (χ1v) is 8.58. The summed E-state index contributed by atoms with van der Waals surface area (Å²) < 4.78 is 0. The number of likely N-dealkylation sites (tertiary alicyclic amines) is 1. The Morgan fingerprint density at radius 3 is 1.87 bits per heavy atom. The van der Waals surface area contributed by atoms with Crippen LogP contribution in [-0.2, 0) is 0 Å². The number of benzene rings is 2. The highest BCUT2D eigenvalue weighted by molar-refractivity contribution is 5.82. The third-order valence-corrected chi connectivity index (χ3v) is 4.62. The molecule has 1 fully saturated rings. The number of hydrogen-bond donors (Lipinski definition) is 1. The average molecular weight is 306 g/mol. The second-order valence-electron chi connectivity index (χ2n) is 6.16. The van der Waals surface area contributed by atoms with Gasteiger partial charge in [0.2, 0.25) is 0 Å². The summed E-state index contributed by atoms with van der Waals surface area (Å²) in [5.41, 5.74) is 5.73. The third-order valence-electron chi connectivity index (χ3n) is 4.62. The van der Waals surface area contributed by atoms with Crippen LogP contribution >= 0.6 is 0 Å². The fourth-order valence-corrected chi connectivity index (χ4v) is 3.35. The van der Waals surface area contributed by atoms with Crippen LogP contribution in [0.25, 0.3) is 5.57 Å². The molecule has 2 aromatic rings. The molecule has 1 aliphatic heterocycles. The van der Waals surface area contributed by atoms with E-state index in [1.807, 2.05) is 7.05 Å². The monoisotopic (exact) mass is 306 g/mol. The Hall–Kier alpha value is -1.90. The van der Waals surface area contributed by atoms with Gasteiger partial charge in [0.25, 0.3) is 0 Å². The van der Waals surface area contributed by atoms with Crippen molar-refractivity contribution in [1.29, 1.82) is 0 Å². The smallest absolute Gasteiger partial charge is 0.0107 e. The summed E-state index contributed by atoms with van der Waals surface area (Å²) in [6.45, 7) is 4.55. The van der Waals surface area contributed by atoms with Crippen LogP contribution in [0.5, 0.6) is 0 Å². The van der Waals surface area contributed by atoms with Gasteiger partial charge in [-0.25, -0.2) is 0 Å². The van der Waals surface area contributed by atoms with Gasteiger partial charge in [0.15, 0.2) is 0 Å². The minimum absolute atomic E-state index is 1.07. The molecule has 23 heavy (non-hydrogen) atoms. The molecule has 0 aliphatic carbocycles. The van der Waals surface area contributed by atoms with E-state index in [-0.39, 0.29) is 0 Å². The Kier molecular flexibility index (Phi) is 5.62. The van der Waals surface area contributed by atoms with Gasteiger partial charge in [-0.3, -0.25) is 0 Å². The third kappa shape index (κ3) is 4.10. The summed E-state index contributed by atoms with van der Waals surface area (Å²) >= 11 is 0. The quantitative estimate of drug-likeness (QED) is 0.904. The van der Waals surface area contributed by atoms with E-state index in [0.717, 1.165) is 13.1 Å². The summed E-state index contributed by atoms with van der Waals surface area (Å²) in [5, 5.41) is 3.25. The van der Waals surface area contributed by atoms with Crippen molar-refractivity contribution < 1.29 is 0 Å². The average Bonchev–Trinajstić information content (AvgIpc) is 2.63. The Bertz CT molecular complexity index is 580. The summed E-state index contributed by atoms with van der Waals surface area (Å²) in [6, 6.07) is 21.7. The molecule has 2 aromatic carbocycles. The molecule has 0 aromatic heterocycles. The first-order chi connectivity index (χ1) is 11.4. The summed E-state index contributed by atoms with van der Waals surface area (Å²) in [6.07, 6.45) is 2.34. The molecular weight excluding hydrogens is 280 g/mol. The van der Waals surface area contributed by atoms with Gasteiger partial charge in [-0.05, 0) is 36.6 Å². The van der Waals surface area contributed by atoms with Crippen molar-refractivity contribution in [2.45, 2.75) is 12.8 Å². The van der Waals surface area contributed by atoms with E-state index in [1.54, 1.807) is 5.57 Å². The zero-order valence-electron chi connectivity index (χ0n) is 14.0. The minimum Gasteiger partial charge on any atom is -0.318 e. The number of rotatable bonds is 5. The molecule has 0 saturated carbocycles. The molecule has 3 rings (SSSR count). The molecule has 1 saturated heterocycles. The molecule has 0 unspecified atom stereocenters. The molecule has 1 heterocycles. The van der Waals surface area contributed by atoms with Crippen molar-refractivity contribution in [3.8, 4) is 0 Å². The molecular formula is C21H26N2. The van der Waals surface area contributed by atoms with E-state index in [4.69, 9.17) is 0 Å². The standard InChI is InChI=1S/C21H26N2/c1-22-14-17-23-15-12-20(13-16-23)21(18-8-4-2-5-9-18)19-10-6-3-7-11-19/h2-11,22H,12-17H2,1H3. The molecule has 0 spiro atoms. The minimum atomic E-state index is 1.07. The number of nitrogens with one attached hydrogen (secondary N) is 1. The van der Waals surface area contributed by atoms with Crippen molar-refractivity contribution >= 4 is 5.57 Å². The number of nitrogens with zero attached hydrogens (tertiary/aromatic N) is 1. The highest BCUT2D eigenvalue weighted by Crippen LogP contribution is 2.32. The van der Waals surface area contributed by atoms with Crippen LogP contribution in [0.4, 0.5) is 0 Å². The summed E-state index contributed by atoms with van der Waals surface area (Å²) in [4.78, 5) is 2.56. The predicted molar refractivity (Wildman–Crippen MR) is 98.5 cm³/mol. The fourth-order valence-electron chi connectivity index (χ4n) is 3.35. The van der Waals surface area contributed by atoms with Crippen LogP contribution in [0.3, 0.4) is 0 Å². The van der Waals surface area contributed by atoms with Crippen LogP contribution in [0, 0.1) is 0 Å². The Morgan fingerprint density at radius 1 is 0.870 bits per heavy atom. The summed E-state index contributed by atoms with van der Waals surface area (Å²) in [5.74, 6) is 0. The second kappa shape index (κ2) is 8.09. The molecule has 0 atom stereocenters. The Labute approximate surface area is 139 Å². The lowest BCUT2D eigenvalue weighted by Gasteiger charge is -2.30. The number of hydrogen-bond acceptors (Lipinski definition) is 2. The molecule has 0 bridgehead atoms. The largest absolute Gasteiger partial charge is 0.318 e. The second-order valence-corrected chi connectivity index (χ2v) is 6.16. The van der Waals surface area contributed by atoms with E-state index in [2.05, 4.69) is 70.9 Å². The number of piperidine rings is 1. The van der Waals surface area contributed by atoms with Gasteiger partial charge in [0.05, 0.1) is 0 Å². The van der Waals surface area contributed by atoms with Crippen molar-refractivity contribution in [1.82, 2.24) is 10.2 Å². The van der Waals surface area contributed by atoms with Gasteiger partial charge < -0.3 is 10.2 Å². The highest BCUT2D eigenvalue weighted by atomic mass is 15.1. The van der Waals surface area contributed by atoms with E-state index >= 15 is 0 Å². The van der Waals surface area contributed by atoms with Crippen molar-refractivity contribution in [2.24, 2.45) is 0 Å². The zero-order chi connectivity index (χ0) is 15.9. The lowest BCUT2D eigenvalue weighted by Crippen LogP contribution is -2.35. The Balaban J connectivity index is 1.88. The highest BCUT2D eigenvalue weighted by Gasteiger charge is 2.18. The lowest BCUT2D eigenvalue weighted by atomic mass is 9.88. The van der Waals surface area contributed by atoms with Gasteiger partial charge in [-0.2, -0.15) is 0 Å². The predicted octanol–water partition coefficient (Wildman–Crippen LogP) is 3.80. The van der Waals surface area contributed by atoms with Crippen molar-refractivity contribution in [3.05, 3.63) is 77.4 Å². The first kappa shape index (κ1) is 16.0. The van der Waals surface area contributed by atoms with E-state index in [9.17, 15) is 0 Å². The van der Waals surface area contributed by atoms with E-state index < -0.39 is 0 Å². The number of likely N-dealkylation sites (N-methyl/N-ethyl adjacent to an activating group) is 1. The maximum atomic E-state index is 3.25. The fraction of sp³-hybridized carbons (Fsp3) is 0.333. The molecule has 2 heteroatoms. The van der Waals surface area contributed by atoms with Gasteiger partial charge in [-0.1, -0.05) is 66.2 Å². The normalized spacial score (nSPS) is 15.6. The maximum absolute atomic E-state index is 3.25. The van der Waals surface area contributed by atoms with Gasteiger partial charge >= 0.3 is 0 Å². The first-order valence-electron chi connectivity index (χ1n) is 8.58. The molecule has 1 N–H and O–H groups in total. The van der Waals surface area contributed by atoms with Crippen LogP contribution in [0.2, 0.25) is 0 Å². The van der Waals surface area contributed by atoms with Crippen molar-refractivity contribution in [3.63, 3.8) is 0 Å². The molecule has 1 aliphatic rings. The maximum Gasteiger partial charge on any atom is 0.0107 e. The zero-order valence-corrected chi connectivity index (χ0v) is 14.0. The van der Waals surface area contributed by atoms with E-state index in [1.165, 1.54) is 42.6 Å². The Morgan fingerprint density at radius 2 is 1.39 bits per heavy atom. The van der Waals surface area contributed by atoms with Gasteiger partial charge in [0.1, 0.15) is 0 Å². The summed E-state index contributed by atoms with van der Waals surface area (Å²) in [7, 11) is 2.03.